The van der Waals surface area contributed by atoms with Gasteiger partial charge < -0.3 is 5.32 Å². The first-order valence-electron chi connectivity index (χ1n) is 3.77. The zero-order valence-corrected chi connectivity index (χ0v) is 6.06. The first kappa shape index (κ1) is 6.81. The summed E-state index contributed by atoms with van der Waals surface area (Å²) < 4.78 is 0. The van der Waals surface area contributed by atoms with E-state index in [0.29, 0.717) is 0 Å². The Bertz CT molecular complexity index is 90.7. The fraction of sp³-hybridized carbons (Fsp3) is 0.750. The molecule has 0 amide bonds. The van der Waals surface area contributed by atoms with Gasteiger partial charge in [0.2, 0.25) is 0 Å². The molecule has 1 heteroatoms. The van der Waals surface area contributed by atoms with Crippen molar-refractivity contribution in [2.24, 2.45) is 5.92 Å². The van der Waals surface area contributed by atoms with Crippen molar-refractivity contribution in [3.8, 4) is 0 Å². The molecule has 1 rings (SSSR count). The Morgan fingerprint density at radius 1 is 1.56 bits per heavy atom. The van der Waals surface area contributed by atoms with Crippen LogP contribution in [0.2, 0.25) is 0 Å². The van der Waals surface area contributed by atoms with Gasteiger partial charge in [0.15, 0.2) is 0 Å². The quantitative estimate of drug-likeness (QED) is 0.524. The number of rotatable bonds is 1. The highest BCUT2D eigenvalue weighted by Crippen LogP contribution is 2.10. The summed E-state index contributed by atoms with van der Waals surface area (Å²) in [5, 5.41) is 3.37. The predicted molar refractivity (Wildman–Crippen MR) is 40.4 cm³/mol. The molecule has 1 fully saturated rings. The molecular weight excluding hydrogens is 110 g/mol. The lowest BCUT2D eigenvalue weighted by atomic mass is 9.99. The van der Waals surface area contributed by atoms with Crippen LogP contribution < -0.4 is 5.32 Å². The summed E-state index contributed by atoms with van der Waals surface area (Å²) in [7, 11) is 0. The highest BCUT2D eigenvalue weighted by molar-refractivity contribution is 4.88. The van der Waals surface area contributed by atoms with E-state index in [0.717, 1.165) is 5.92 Å². The molecular formula is C8H15N. The lowest BCUT2D eigenvalue weighted by molar-refractivity contribution is 0.438. The number of piperidine rings is 1. The number of nitrogens with one attached hydrogen (secondary N) is 1. The van der Waals surface area contributed by atoms with E-state index in [1.54, 1.807) is 0 Å². The Labute approximate surface area is 57.1 Å². The first-order chi connectivity index (χ1) is 4.43. The summed E-state index contributed by atoms with van der Waals surface area (Å²) in [5.74, 6) is 0.809. The molecule has 0 radical (unpaired) electrons. The van der Waals surface area contributed by atoms with Crippen LogP contribution in [-0.4, -0.2) is 13.1 Å². The first-order valence-corrected chi connectivity index (χ1v) is 3.77. The van der Waals surface area contributed by atoms with Crippen LogP contribution in [0.15, 0.2) is 12.2 Å². The van der Waals surface area contributed by atoms with E-state index in [4.69, 9.17) is 0 Å². The Balaban J connectivity index is 2.23. The van der Waals surface area contributed by atoms with Gasteiger partial charge in [-0.3, -0.25) is 0 Å². The van der Waals surface area contributed by atoms with Crippen molar-refractivity contribution in [3.05, 3.63) is 12.2 Å². The largest absolute Gasteiger partial charge is 0.316 e. The van der Waals surface area contributed by atoms with Crippen LogP contribution in [-0.2, 0) is 0 Å². The van der Waals surface area contributed by atoms with E-state index >= 15 is 0 Å². The van der Waals surface area contributed by atoms with Gasteiger partial charge in [-0.2, -0.15) is 0 Å². The molecule has 0 aromatic carbocycles. The topological polar surface area (TPSA) is 12.0 Å². The number of hydrogen-bond donors (Lipinski definition) is 1. The van der Waals surface area contributed by atoms with Gasteiger partial charge in [0, 0.05) is 6.54 Å². The predicted octanol–water partition coefficient (Wildman–Crippen LogP) is 1.56. The molecule has 0 aliphatic carbocycles. The molecule has 1 nitrogen and oxygen atoms in total. The summed E-state index contributed by atoms with van der Waals surface area (Å²) in [6.45, 7) is 4.49. The van der Waals surface area contributed by atoms with Crippen molar-refractivity contribution < 1.29 is 0 Å². The maximum absolute atomic E-state index is 3.37. The summed E-state index contributed by atoms with van der Waals surface area (Å²) >= 11 is 0. The van der Waals surface area contributed by atoms with Gasteiger partial charge in [0.25, 0.3) is 0 Å². The molecule has 1 N–H and O–H groups in total. The van der Waals surface area contributed by atoms with Crippen molar-refractivity contribution in [2.75, 3.05) is 13.1 Å². The van der Waals surface area contributed by atoms with Crippen LogP contribution >= 0.6 is 0 Å². The summed E-state index contributed by atoms with van der Waals surface area (Å²) in [4.78, 5) is 0. The second-order valence-corrected chi connectivity index (χ2v) is 2.63. The molecule has 0 aromatic rings. The Kier molecular flexibility index (Phi) is 2.78. The maximum atomic E-state index is 3.37. The number of hydrogen-bond acceptors (Lipinski definition) is 1. The van der Waals surface area contributed by atoms with Crippen molar-refractivity contribution in [1.29, 1.82) is 0 Å². The standard InChI is InChI=1S/C8H15N/c1-2-4-8-5-3-6-9-7-8/h2,4,8-9H,3,5-7H2,1H3/b4-2-. The molecule has 1 aliphatic rings. The van der Waals surface area contributed by atoms with Gasteiger partial charge in [0.1, 0.15) is 0 Å². The lowest BCUT2D eigenvalue weighted by Gasteiger charge is -2.18. The summed E-state index contributed by atoms with van der Waals surface area (Å²) in [6.07, 6.45) is 7.16. The molecule has 0 saturated carbocycles. The fourth-order valence-corrected chi connectivity index (χ4v) is 1.32. The minimum Gasteiger partial charge on any atom is -0.316 e. The average molecular weight is 125 g/mol. The van der Waals surface area contributed by atoms with Crippen LogP contribution in [0, 0.1) is 5.92 Å². The molecule has 1 unspecified atom stereocenters. The van der Waals surface area contributed by atoms with E-state index in [-0.39, 0.29) is 0 Å². The summed E-state index contributed by atoms with van der Waals surface area (Å²) in [5.41, 5.74) is 0. The monoisotopic (exact) mass is 125 g/mol. The normalized spacial score (nSPS) is 29.2. The molecule has 1 atom stereocenters. The Morgan fingerprint density at radius 2 is 2.44 bits per heavy atom. The third-order valence-electron chi connectivity index (χ3n) is 1.80. The van der Waals surface area contributed by atoms with Crippen molar-refractivity contribution >= 4 is 0 Å². The second-order valence-electron chi connectivity index (χ2n) is 2.63. The van der Waals surface area contributed by atoms with Crippen LogP contribution in [0.5, 0.6) is 0 Å². The molecule has 0 spiro atoms. The van der Waals surface area contributed by atoms with Gasteiger partial charge in [-0.1, -0.05) is 12.2 Å². The third kappa shape index (κ3) is 2.19. The smallest absolute Gasteiger partial charge is 0.00142 e. The van der Waals surface area contributed by atoms with E-state index < -0.39 is 0 Å². The zero-order chi connectivity index (χ0) is 6.53. The fourth-order valence-electron chi connectivity index (χ4n) is 1.32. The van der Waals surface area contributed by atoms with Gasteiger partial charge in [0.05, 0.1) is 0 Å². The molecule has 1 heterocycles. The Hall–Kier alpha value is -0.300. The molecule has 9 heavy (non-hydrogen) atoms. The van der Waals surface area contributed by atoms with Crippen LogP contribution in [0.3, 0.4) is 0 Å². The SMILES string of the molecule is C/C=C\C1CCCNC1. The highest BCUT2D eigenvalue weighted by Gasteiger charge is 2.07. The van der Waals surface area contributed by atoms with Crippen molar-refractivity contribution in [1.82, 2.24) is 5.32 Å². The van der Waals surface area contributed by atoms with E-state index in [2.05, 4.69) is 24.4 Å². The minimum absolute atomic E-state index is 0.809. The molecule has 1 aliphatic heterocycles. The maximum Gasteiger partial charge on any atom is 0.00142 e. The van der Waals surface area contributed by atoms with Crippen molar-refractivity contribution in [3.63, 3.8) is 0 Å². The Morgan fingerprint density at radius 3 is 3.00 bits per heavy atom. The molecule has 0 aromatic heterocycles. The van der Waals surface area contributed by atoms with Gasteiger partial charge in [-0.05, 0) is 32.2 Å². The average Bonchev–Trinajstić information content (AvgIpc) is 1.91. The van der Waals surface area contributed by atoms with Crippen LogP contribution in [0.4, 0.5) is 0 Å². The van der Waals surface area contributed by atoms with Gasteiger partial charge in [-0.25, -0.2) is 0 Å². The minimum atomic E-state index is 0.809. The van der Waals surface area contributed by atoms with E-state index in [1.165, 1.54) is 25.9 Å². The van der Waals surface area contributed by atoms with Crippen LogP contribution in [0.1, 0.15) is 19.8 Å². The third-order valence-corrected chi connectivity index (χ3v) is 1.80. The van der Waals surface area contributed by atoms with Gasteiger partial charge >= 0.3 is 0 Å². The van der Waals surface area contributed by atoms with E-state index in [9.17, 15) is 0 Å². The summed E-state index contributed by atoms with van der Waals surface area (Å²) in [6, 6.07) is 0. The molecule has 0 bridgehead atoms. The zero-order valence-electron chi connectivity index (χ0n) is 6.06. The van der Waals surface area contributed by atoms with Gasteiger partial charge in [-0.15, -0.1) is 0 Å². The second kappa shape index (κ2) is 3.67. The lowest BCUT2D eigenvalue weighted by Crippen LogP contribution is -2.28. The molecule has 1 saturated heterocycles. The van der Waals surface area contributed by atoms with Crippen LogP contribution in [0.25, 0.3) is 0 Å². The molecule has 52 valence electrons. The van der Waals surface area contributed by atoms with Crippen molar-refractivity contribution in [2.45, 2.75) is 19.8 Å². The van der Waals surface area contributed by atoms with E-state index in [1.807, 2.05) is 0 Å². The number of allylic oxidation sites excluding steroid dienone is 1. The highest BCUT2D eigenvalue weighted by atomic mass is 14.9.